The highest BCUT2D eigenvalue weighted by atomic mass is 16.7. The quantitative estimate of drug-likeness (QED) is 0.104. The first-order valence-corrected chi connectivity index (χ1v) is 17.1. The lowest BCUT2D eigenvalue weighted by atomic mass is 9.59. The summed E-state index contributed by atoms with van der Waals surface area (Å²) in [6, 6.07) is 0. The molecule has 2 heterocycles. The van der Waals surface area contributed by atoms with E-state index >= 15 is 0 Å². The van der Waals surface area contributed by atoms with E-state index in [4.69, 9.17) is 15.2 Å². The maximum Gasteiger partial charge on any atom is 0.349 e. The van der Waals surface area contributed by atoms with Crippen molar-refractivity contribution in [3.05, 3.63) is 11.1 Å². The smallest absolute Gasteiger partial charge is 0.349 e. The molecule has 8 nitrogen and oxygen atoms in total. The van der Waals surface area contributed by atoms with E-state index in [0.29, 0.717) is 18.8 Å². The fraction of sp³-hybridized carbons (Fsp3) is 0.853. The third kappa shape index (κ3) is 5.66. The minimum atomic E-state index is -1.86. The average molecular weight is 588 g/mol. The Morgan fingerprint density at radius 2 is 1.71 bits per heavy atom. The predicted molar refractivity (Wildman–Crippen MR) is 159 cm³/mol. The number of ketones is 2. The molecular formula is C34H55N2O6+. The highest BCUT2D eigenvalue weighted by Gasteiger charge is 2.87. The number of esters is 1. The van der Waals surface area contributed by atoms with Crippen LogP contribution in [0.15, 0.2) is 11.1 Å². The number of aliphatic hydroxyl groups is 1. The number of epoxide rings is 1. The second kappa shape index (κ2) is 13.2. The largest absolute Gasteiger partial charge is 0.463 e. The Morgan fingerprint density at radius 1 is 1.00 bits per heavy atom. The van der Waals surface area contributed by atoms with Crippen molar-refractivity contribution in [3.63, 3.8) is 0 Å². The van der Waals surface area contributed by atoms with Gasteiger partial charge in [0.15, 0.2) is 17.2 Å². The van der Waals surface area contributed by atoms with Crippen molar-refractivity contribution >= 4 is 17.5 Å². The summed E-state index contributed by atoms with van der Waals surface area (Å²) in [7, 11) is 0. The number of rotatable bonds is 12. The van der Waals surface area contributed by atoms with Crippen LogP contribution >= 0.6 is 0 Å². The molecule has 2 saturated heterocycles. The van der Waals surface area contributed by atoms with Crippen molar-refractivity contribution in [1.29, 1.82) is 0 Å². The third-order valence-electron chi connectivity index (χ3n) is 11.7. The van der Waals surface area contributed by atoms with Gasteiger partial charge in [0.2, 0.25) is 0 Å². The van der Waals surface area contributed by atoms with Crippen LogP contribution in [0.1, 0.15) is 123 Å². The molecule has 0 aromatic rings. The van der Waals surface area contributed by atoms with Crippen LogP contribution in [-0.4, -0.2) is 59.8 Å². The van der Waals surface area contributed by atoms with Crippen molar-refractivity contribution in [2.75, 3.05) is 19.8 Å². The Balaban J connectivity index is 1.42. The van der Waals surface area contributed by atoms with Crippen LogP contribution in [0.25, 0.3) is 0 Å². The summed E-state index contributed by atoms with van der Waals surface area (Å²) < 4.78 is 11.9. The standard InChI is InChI=1S/C34H54N2O6/c1-3-4-5-11-18-41-31(40)34-30(39)27-13-8-7-12-26(27)29(38)33(34,42-34)21-24(22-37)23(2)20-32(15-9-6-10-16-32)25-14-17-36-28(35)19-25/h25-28,36-37H,3-22,35H2,1-2H3/p+1/t25?,26?,27?,28?,33-,34-/m0/s1. The number of allylic oxidation sites excluding steroid dienone is 1. The van der Waals surface area contributed by atoms with Gasteiger partial charge in [0.05, 0.1) is 19.8 Å². The molecule has 3 saturated carbocycles. The number of carbonyl (C=O) groups excluding carboxylic acids is 3. The molecule has 0 aromatic heterocycles. The van der Waals surface area contributed by atoms with Gasteiger partial charge in [-0.1, -0.05) is 63.9 Å². The van der Waals surface area contributed by atoms with E-state index in [1.54, 1.807) is 0 Å². The number of fused-ring (bicyclic) bond motifs is 2. The number of nitrogens with two attached hydrogens (primary N) is 2. The molecular weight excluding hydrogens is 532 g/mol. The molecule has 0 spiro atoms. The molecule has 2 aliphatic heterocycles. The molecule has 8 heteroatoms. The number of carbonyl (C=O) groups is 3. The summed E-state index contributed by atoms with van der Waals surface area (Å²) in [6.45, 7) is 5.24. The number of ether oxygens (including phenoxy) is 2. The van der Waals surface area contributed by atoms with Crippen LogP contribution in [-0.2, 0) is 23.9 Å². The maximum absolute atomic E-state index is 14.2. The number of Topliss-reactive ketones (excluding diaryl/α,β-unsaturated/α-hetero) is 2. The first-order chi connectivity index (χ1) is 20.2. The fourth-order valence-electron chi connectivity index (χ4n) is 9.27. The Labute approximate surface area is 251 Å². The third-order valence-corrected chi connectivity index (χ3v) is 11.7. The lowest BCUT2D eigenvalue weighted by molar-refractivity contribution is -0.700. The van der Waals surface area contributed by atoms with Gasteiger partial charge in [-0.05, 0) is 62.4 Å². The predicted octanol–water partition coefficient (Wildman–Crippen LogP) is 3.87. The van der Waals surface area contributed by atoms with Crippen molar-refractivity contribution in [2.45, 2.75) is 140 Å². The molecule has 4 unspecified atom stereocenters. The lowest BCUT2D eigenvalue weighted by Crippen LogP contribution is -2.95. The molecule has 0 radical (unpaired) electrons. The lowest BCUT2D eigenvalue weighted by Gasteiger charge is -2.46. The summed E-state index contributed by atoms with van der Waals surface area (Å²) in [5.74, 6) is -1.46. The second-order valence-electron chi connectivity index (χ2n) is 14.3. The van der Waals surface area contributed by atoms with Crippen molar-refractivity contribution in [3.8, 4) is 0 Å². The maximum atomic E-state index is 14.2. The second-order valence-corrected chi connectivity index (χ2v) is 14.3. The van der Waals surface area contributed by atoms with Gasteiger partial charge in [-0.25, -0.2) is 4.79 Å². The Bertz CT molecular complexity index is 1050. The van der Waals surface area contributed by atoms with Crippen molar-refractivity contribution in [1.82, 2.24) is 0 Å². The number of unbranched alkanes of at least 4 members (excludes halogenated alkanes) is 3. The van der Waals surface area contributed by atoms with Gasteiger partial charge in [0, 0.05) is 31.1 Å². The highest BCUT2D eigenvalue weighted by Crippen LogP contribution is 2.62. The summed E-state index contributed by atoms with van der Waals surface area (Å²) >= 11 is 0. The van der Waals surface area contributed by atoms with E-state index < -0.39 is 29.0 Å². The van der Waals surface area contributed by atoms with E-state index in [-0.39, 0.29) is 42.8 Å². The monoisotopic (exact) mass is 587 g/mol. The first kappa shape index (κ1) is 31.8. The van der Waals surface area contributed by atoms with Gasteiger partial charge >= 0.3 is 5.97 Å². The van der Waals surface area contributed by atoms with Crippen LogP contribution in [0.4, 0.5) is 0 Å². The van der Waals surface area contributed by atoms with Crippen LogP contribution in [0, 0.1) is 23.2 Å². The van der Waals surface area contributed by atoms with Crippen LogP contribution in [0.5, 0.6) is 0 Å². The van der Waals surface area contributed by atoms with E-state index in [2.05, 4.69) is 19.2 Å². The van der Waals surface area contributed by atoms with Gasteiger partial charge in [-0.3, -0.25) is 15.3 Å². The van der Waals surface area contributed by atoms with Gasteiger partial charge in [0.25, 0.3) is 5.60 Å². The van der Waals surface area contributed by atoms with Crippen LogP contribution in [0.3, 0.4) is 0 Å². The molecule has 42 heavy (non-hydrogen) atoms. The molecule has 5 rings (SSSR count). The zero-order chi connectivity index (χ0) is 30.0. The van der Waals surface area contributed by atoms with E-state index in [9.17, 15) is 19.5 Å². The van der Waals surface area contributed by atoms with Crippen molar-refractivity contribution in [2.24, 2.45) is 28.9 Å². The Kier molecular flexibility index (Phi) is 9.97. The van der Waals surface area contributed by atoms with Gasteiger partial charge in [0.1, 0.15) is 6.17 Å². The summed E-state index contributed by atoms with van der Waals surface area (Å²) in [6.07, 6.45) is 16.0. The Morgan fingerprint density at radius 3 is 2.38 bits per heavy atom. The zero-order valence-electron chi connectivity index (χ0n) is 26.1. The molecule has 6 atom stereocenters. The SMILES string of the molecule is CCCCCCOC(=O)[C@]12O[C@@]1(CC(CO)=C(C)CC1(C3CC[NH2+]C(N)C3)CCCCC1)C(=O)C1CCCCC1C2=O. The summed E-state index contributed by atoms with van der Waals surface area (Å²) in [5.41, 5.74) is 4.93. The number of quaternary nitrogens is 1. The summed E-state index contributed by atoms with van der Waals surface area (Å²) in [4.78, 5) is 41.9. The highest BCUT2D eigenvalue weighted by molar-refractivity contribution is 6.23. The number of aliphatic hydroxyl groups excluding tert-OH is 1. The fourth-order valence-corrected chi connectivity index (χ4v) is 9.27. The molecule has 5 fully saturated rings. The molecule has 0 aromatic carbocycles. The summed E-state index contributed by atoms with van der Waals surface area (Å²) in [5, 5.41) is 12.9. The normalized spacial score (nSPS) is 36.5. The number of hydrogen-bond donors (Lipinski definition) is 3. The van der Waals surface area contributed by atoms with Gasteiger partial charge in [-0.15, -0.1) is 0 Å². The van der Waals surface area contributed by atoms with E-state index in [1.165, 1.54) is 19.3 Å². The topological polar surface area (TPSA) is 136 Å². The molecule has 236 valence electrons. The van der Waals surface area contributed by atoms with Crippen molar-refractivity contribution < 1.29 is 34.3 Å². The first-order valence-electron chi connectivity index (χ1n) is 17.1. The minimum absolute atomic E-state index is 0.0854. The average Bonchev–Trinajstić information content (AvgIpc) is 3.70. The van der Waals surface area contributed by atoms with Gasteiger partial charge in [-0.2, -0.15) is 0 Å². The molecule has 0 amide bonds. The van der Waals surface area contributed by atoms with E-state index in [1.807, 2.05) is 0 Å². The molecule has 0 bridgehead atoms. The van der Waals surface area contributed by atoms with Gasteiger partial charge < -0.3 is 19.9 Å². The van der Waals surface area contributed by atoms with Crippen LogP contribution in [0.2, 0.25) is 0 Å². The van der Waals surface area contributed by atoms with E-state index in [0.717, 1.165) is 88.3 Å². The molecule has 5 N–H and O–H groups in total. The molecule has 5 aliphatic rings. The Hall–Kier alpha value is -1.61. The number of piperidine rings is 1. The molecule has 3 aliphatic carbocycles. The minimum Gasteiger partial charge on any atom is -0.463 e. The number of hydrogen-bond acceptors (Lipinski definition) is 7. The van der Waals surface area contributed by atoms with Crippen LogP contribution < -0.4 is 11.1 Å². The zero-order valence-corrected chi connectivity index (χ0v) is 26.1.